The highest BCUT2D eigenvalue weighted by molar-refractivity contribution is 7.89. The Balaban J connectivity index is 1.35. The third-order valence-corrected chi connectivity index (χ3v) is 7.45. The van der Waals surface area contributed by atoms with Crippen molar-refractivity contribution >= 4 is 26.9 Å². The van der Waals surface area contributed by atoms with E-state index in [0.717, 1.165) is 35.3 Å². The quantitative estimate of drug-likeness (QED) is 0.652. The van der Waals surface area contributed by atoms with E-state index in [4.69, 9.17) is 0 Å². The molecule has 1 fully saturated rings. The lowest BCUT2D eigenvalue weighted by Gasteiger charge is -2.42. The molecule has 1 N–H and O–H groups in total. The SMILES string of the molecule is CN(c1ncnc2[nH]ccc12)C1CC(CS(=O)(=O)N(C)Cc2cccnc2)C1. The topological polar surface area (TPSA) is 95.1 Å². The van der Waals surface area contributed by atoms with Gasteiger partial charge in [0.05, 0.1) is 11.1 Å². The van der Waals surface area contributed by atoms with Crippen LogP contribution in [0.1, 0.15) is 18.4 Å². The third-order valence-electron chi connectivity index (χ3n) is 5.47. The molecule has 1 aliphatic rings. The Kier molecular flexibility index (Phi) is 5.03. The molecule has 28 heavy (non-hydrogen) atoms. The van der Waals surface area contributed by atoms with Crippen LogP contribution < -0.4 is 4.90 Å². The molecule has 0 aliphatic heterocycles. The average Bonchev–Trinajstić information content (AvgIpc) is 3.13. The van der Waals surface area contributed by atoms with Gasteiger partial charge < -0.3 is 9.88 Å². The van der Waals surface area contributed by atoms with E-state index in [1.54, 1.807) is 25.8 Å². The molecule has 8 nitrogen and oxygen atoms in total. The summed E-state index contributed by atoms with van der Waals surface area (Å²) in [5, 5.41) is 0.984. The molecule has 0 radical (unpaired) electrons. The van der Waals surface area contributed by atoms with E-state index in [-0.39, 0.29) is 17.7 Å². The van der Waals surface area contributed by atoms with Gasteiger partial charge in [0.2, 0.25) is 10.0 Å². The predicted molar refractivity (Wildman–Crippen MR) is 108 cm³/mol. The number of sulfonamides is 1. The van der Waals surface area contributed by atoms with Crippen molar-refractivity contribution < 1.29 is 8.42 Å². The fourth-order valence-corrected chi connectivity index (χ4v) is 5.21. The Hall–Kier alpha value is -2.52. The van der Waals surface area contributed by atoms with E-state index in [1.165, 1.54) is 4.31 Å². The third kappa shape index (κ3) is 3.72. The molecule has 0 aromatic carbocycles. The molecule has 3 aromatic rings. The number of aromatic amines is 1. The molecule has 148 valence electrons. The van der Waals surface area contributed by atoms with Crippen molar-refractivity contribution in [3.8, 4) is 0 Å². The van der Waals surface area contributed by atoms with Gasteiger partial charge in [-0.05, 0) is 36.5 Å². The lowest BCUT2D eigenvalue weighted by Crippen LogP contribution is -2.46. The molecule has 0 amide bonds. The Morgan fingerprint density at radius 3 is 2.79 bits per heavy atom. The lowest BCUT2D eigenvalue weighted by molar-refractivity contribution is 0.278. The summed E-state index contributed by atoms with van der Waals surface area (Å²) in [4.78, 5) is 17.9. The smallest absolute Gasteiger partial charge is 0.214 e. The molecule has 0 bridgehead atoms. The van der Waals surface area contributed by atoms with Crippen LogP contribution in [-0.2, 0) is 16.6 Å². The molecule has 4 rings (SSSR count). The first kappa shape index (κ1) is 18.8. The van der Waals surface area contributed by atoms with Gasteiger partial charge in [0.25, 0.3) is 0 Å². The molecule has 1 saturated carbocycles. The number of anilines is 1. The van der Waals surface area contributed by atoms with Gasteiger partial charge in [0, 0.05) is 45.3 Å². The molecule has 0 unspecified atom stereocenters. The fraction of sp³-hybridized carbons (Fsp3) is 0.421. The molecular formula is C19H24N6O2S. The van der Waals surface area contributed by atoms with Crippen LogP contribution in [0.2, 0.25) is 0 Å². The van der Waals surface area contributed by atoms with E-state index in [1.807, 2.05) is 31.4 Å². The summed E-state index contributed by atoms with van der Waals surface area (Å²) < 4.78 is 26.8. The Morgan fingerprint density at radius 2 is 2.04 bits per heavy atom. The zero-order chi connectivity index (χ0) is 19.7. The minimum Gasteiger partial charge on any atom is -0.356 e. The maximum absolute atomic E-state index is 12.7. The molecule has 0 spiro atoms. The van der Waals surface area contributed by atoms with E-state index in [0.29, 0.717) is 6.54 Å². The van der Waals surface area contributed by atoms with Gasteiger partial charge >= 0.3 is 0 Å². The van der Waals surface area contributed by atoms with E-state index >= 15 is 0 Å². The number of aromatic nitrogens is 4. The van der Waals surface area contributed by atoms with Crippen LogP contribution in [0.3, 0.4) is 0 Å². The second-order valence-corrected chi connectivity index (χ2v) is 9.56. The number of rotatable bonds is 7. The summed E-state index contributed by atoms with van der Waals surface area (Å²) in [6.07, 6.45) is 8.47. The Bertz CT molecular complexity index is 1050. The fourth-order valence-electron chi connectivity index (χ4n) is 3.74. The molecule has 1 aliphatic carbocycles. The van der Waals surface area contributed by atoms with Gasteiger partial charge in [-0.3, -0.25) is 4.98 Å². The standard InChI is InChI=1S/C19H24N6O2S/c1-24(11-14-4-3-6-20-10-14)28(26,27)12-15-8-16(9-15)25(2)19-17-5-7-21-18(17)22-13-23-19/h3-7,10,13,15-16H,8-9,11-12H2,1-2H3,(H,21,22,23). The zero-order valence-electron chi connectivity index (χ0n) is 16.0. The van der Waals surface area contributed by atoms with Crippen molar-refractivity contribution in [2.24, 2.45) is 5.92 Å². The first-order valence-electron chi connectivity index (χ1n) is 9.28. The van der Waals surface area contributed by atoms with Crippen LogP contribution in [0, 0.1) is 5.92 Å². The minimum atomic E-state index is -3.30. The van der Waals surface area contributed by atoms with Gasteiger partial charge in [-0.2, -0.15) is 0 Å². The van der Waals surface area contributed by atoms with Crippen LogP contribution in [0.15, 0.2) is 43.1 Å². The first-order valence-corrected chi connectivity index (χ1v) is 10.9. The predicted octanol–water partition coefficient (Wildman–Crippen LogP) is 2.03. The van der Waals surface area contributed by atoms with Crippen molar-refractivity contribution in [1.82, 2.24) is 24.2 Å². The number of fused-ring (bicyclic) bond motifs is 1. The second kappa shape index (κ2) is 7.48. The highest BCUT2D eigenvalue weighted by Gasteiger charge is 2.37. The lowest BCUT2D eigenvalue weighted by atomic mass is 9.81. The Labute approximate surface area is 164 Å². The van der Waals surface area contributed by atoms with E-state index in [2.05, 4.69) is 24.8 Å². The van der Waals surface area contributed by atoms with Crippen LogP contribution in [0.5, 0.6) is 0 Å². The normalized spacial score (nSPS) is 19.7. The molecule has 0 saturated heterocycles. The number of hydrogen-bond acceptors (Lipinski definition) is 6. The highest BCUT2D eigenvalue weighted by atomic mass is 32.2. The van der Waals surface area contributed by atoms with Gasteiger partial charge in [-0.15, -0.1) is 0 Å². The molecule has 3 heterocycles. The summed E-state index contributed by atoms with van der Waals surface area (Å²) in [6, 6.07) is 5.96. The van der Waals surface area contributed by atoms with Gasteiger partial charge in [0.15, 0.2) is 0 Å². The van der Waals surface area contributed by atoms with Crippen molar-refractivity contribution in [2.45, 2.75) is 25.4 Å². The Morgan fingerprint density at radius 1 is 1.21 bits per heavy atom. The van der Waals surface area contributed by atoms with E-state index < -0.39 is 10.0 Å². The summed E-state index contributed by atoms with van der Waals surface area (Å²) >= 11 is 0. The van der Waals surface area contributed by atoms with Crippen molar-refractivity contribution in [3.05, 3.63) is 48.7 Å². The number of nitrogens with zero attached hydrogens (tertiary/aromatic N) is 5. The summed E-state index contributed by atoms with van der Waals surface area (Å²) in [7, 11) is 0.344. The molecular weight excluding hydrogens is 376 g/mol. The van der Waals surface area contributed by atoms with Crippen LogP contribution in [0.4, 0.5) is 5.82 Å². The van der Waals surface area contributed by atoms with Crippen molar-refractivity contribution in [3.63, 3.8) is 0 Å². The number of pyridine rings is 1. The number of nitrogens with one attached hydrogen (secondary N) is 1. The van der Waals surface area contributed by atoms with Gasteiger partial charge in [-0.25, -0.2) is 22.7 Å². The monoisotopic (exact) mass is 400 g/mol. The maximum Gasteiger partial charge on any atom is 0.214 e. The largest absolute Gasteiger partial charge is 0.356 e. The van der Waals surface area contributed by atoms with Crippen molar-refractivity contribution in [1.29, 1.82) is 0 Å². The zero-order valence-corrected chi connectivity index (χ0v) is 16.8. The molecule has 3 aromatic heterocycles. The summed E-state index contributed by atoms with van der Waals surface area (Å²) in [5.74, 6) is 1.22. The van der Waals surface area contributed by atoms with Gasteiger partial charge in [-0.1, -0.05) is 6.07 Å². The maximum atomic E-state index is 12.7. The van der Waals surface area contributed by atoms with Gasteiger partial charge in [0.1, 0.15) is 17.8 Å². The highest BCUT2D eigenvalue weighted by Crippen LogP contribution is 2.36. The van der Waals surface area contributed by atoms with Crippen LogP contribution in [-0.4, -0.2) is 58.5 Å². The second-order valence-electron chi connectivity index (χ2n) is 7.44. The van der Waals surface area contributed by atoms with Crippen molar-refractivity contribution in [2.75, 3.05) is 24.7 Å². The first-order chi connectivity index (χ1) is 13.4. The summed E-state index contributed by atoms with van der Waals surface area (Å²) in [5.41, 5.74) is 1.70. The van der Waals surface area contributed by atoms with E-state index in [9.17, 15) is 8.42 Å². The molecule has 0 atom stereocenters. The summed E-state index contributed by atoms with van der Waals surface area (Å²) in [6.45, 7) is 0.346. The number of H-pyrrole nitrogens is 1. The number of hydrogen-bond donors (Lipinski definition) is 1. The average molecular weight is 401 g/mol. The minimum absolute atomic E-state index is 0.164. The van der Waals surface area contributed by atoms with Crippen LogP contribution in [0.25, 0.3) is 11.0 Å². The molecule has 9 heteroatoms. The van der Waals surface area contributed by atoms with Crippen LogP contribution >= 0.6 is 0 Å².